The van der Waals surface area contributed by atoms with Crippen molar-refractivity contribution in [3.63, 3.8) is 0 Å². The topological polar surface area (TPSA) is 70.4 Å². The fraction of sp³-hybridized carbons (Fsp3) is 0.267. The molecular weight excluding hydrogens is 272 g/mol. The Kier molecular flexibility index (Phi) is 5.09. The Labute approximate surface area is 122 Å². The van der Waals surface area contributed by atoms with Crippen LogP contribution in [0.4, 0.5) is 0 Å². The lowest BCUT2D eigenvalue weighted by molar-refractivity contribution is -0.146. The van der Waals surface area contributed by atoms with Crippen molar-refractivity contribution in [1.82, 2.24) is 9.78 Å². The van der Waals surface area contributed by atoms with Crippen molar-refractivity contribution >= 4 is 11.9 Å². The molecule has 0 atom stereocenters. The largest absolute Gasteiger partial charge is 0.463 e. The van der Waals surface area contributed by atoms with Gasteiger partial charge >= 0.3 is 11.9 Å². The molecule has 2 rings (SSSR count). The second-order valence-corrected chi connectivity index (χ2v) is 4.29. The van der Waals surface area contributed by atoms with Crippen LogP contribution in [0.25, 0.3) is 0 Å². The van der Waals surface area contributed by atoms with Gasteiger partial charge in [0.25, 0.3) is 0 Å². The molecule has 0 aliphatic heterocycles. The van der Waals surface area contributed by atoms with Crippen LogP contribution >= 0.6 is 0 Å². The fourth-order valence-corrected chi connectivity index (χ4v) is 1.74. The standard InChI is InChI=1S/C15H16N2O4/c1-2-20-14(18)11-21-15(19)13-8-16-17(10-13)9-12-6-4-3-5-7-12/h3-8,10H,2,9,11H2,1H3. The highest BCUT2D eigenvalue weighted by Gasteiger charge is 2.13. The molecular formula is C15H16N2O4. The maximum Gasteiger partial charge on any atom is 0.344 e. The highest BCUT2D eigenvalue weighted by atomic mass is 16.6. The quantitative estimate of drug-likeness (QED) is 0.756. The molecule has 0 aliphatic carbocycles. The summed E-state index contributed by atoms with van der Waals surface area (Å²) in [6, 6.07) is 9.76. The van der Waals surface area contributed by atoms with Crippen molar-refractivity contribution < 1.29 is 19.1 Å². The van der Waals surface area contributed by atoms with Crippen molar-refractivity contribution in [2.75, 3.05) is 13.2 Å². The lowest BCUT2D eigenvalue weighted by atomic mass is 10.2. The molecule has 0 spiro atoms. The number of hydrogen-bond acceptors (Lipinski definition) is 5. The fourth-order valence-electron chi connectivity index (χ4n) is 1.74. The third-order valence-corrected chi connectivity index (χ3v) is 2.68. The van der Waals surface area contributed by atoms with Crippen molar-refractivity contribution in [2.45, 2.75) is 13.5 Å². The van der Waals surface area contributed by atoms with Crippen molar-refractivity contribution in [1.29, 1.82) is 0 Å². The first-order valence-corrected chi connectivity index (χ1v) is 6.58. The number of carbonyl (C=O) groups excluding carboxylic acids is 2. The van der Waals surface area contributed by atoms with Crippen molar-refractivity contribution in [3.05, 3.63) is 53.9 Å². The number of nitrogens with zero attached hydrogens (tertiary/aromatic N) is 2. The molecule has 2 aromatic rings. The predicted molar refractivity (Wildman–Crippen MR) is 74.7 cm³/mol. The van der Waals surface area contributed by atoms with E-state index in [4.69, 9.17) is 4.74 Å². The normalized spacial score (nSPS) is 10.1. The zero-order chi connectivity index (χ0) is 15.1. The molecule has 1 heterocycles. The summed E-state index contributed by atoms with van der Waals surface area (Å²) >= 11 is 0. The average Bonchev–Trinajstić information content (AvgIpc) is 2.95. The average molecular weight is 288 g/mol. The van der Waals surface area contributed by atoms with Crippen molar-refractivity contribution in [3.8, 4) is 0 Å². The van der Waals surface area contributed by atoms with Crippen LogP contribution in [0.1, 0.15) is 22.8 Å². The maximum atomic E-state index is 11.7. The summed E-state index contributed by atoms with van der Waals surface area (Å²) in [5.41, 5.74) is 1.38. The molecule has 0 aliphatic rings. The summed E-state index contributed by atoms with van der Waals surface area (Å²) < 4.78 is 11.1. The zero-order valence-corrected chi connectivity index (χ0v) is 11.7. The van der Waals surface area contributed by atoms with Crippen LogP contribution in [0.2, 0.25) is 0 Å². The van der Waals surface area contributed by atoms with Crippen LogP contribution in [-0.4, -0.2) is 34.9 Å². The highest BCUT2D eigenvalue weighted by molar-refractivity contribution is 5.90. The molecule has 0 bridgehead atoms. The van der Waals surface area contributed by atoms with Gasteiger partial charge in [0.15, 0.2) is 6.61 Å². The van der Waals surface area contributed by atoms with E-state index in [1.807, 2.05) is 30.3 Å². The molecule has 0 fully saturated rings. The summed E-state index contributed by atoms with van der Waals surface area (Å²) in [5, 5.41) is 4.10. The lowest BCUT2D eigenvalue weighted by Crippen LogP contribution is -2.16. The van der Waals surface area contributed by atoms with Gasteiger partial charge in [0.1, 0.15) is 0 Å². The van der Waals surface area contributed by atoms with Gasteiger partial charge in [0.2, 0.25) is 0 Å². The second-order valence-electron chi connectivity index (χ2n) is 4.29. The summed E-state index contributed by atoms with van der Waals surface area (Å²) in [6.07, 6.45) is 3.00. The van der Waals surface area contributed by atoms with E-state index in [0.717, 1.165) is 5.56 Å². The van der Waals surface area contributed by atoms with Gasteiger partial charge in [0, 0.05) is 6.20 Å². The molecule has 0 saturated heterocycles. The summed E-state index contributed by atoms with van der Waals surface area (Å²) in [4.78, 5) is 22.8. The first kappa shape index (κ1) is 14.8. The monoisotopic (exact) mass is 288 g/mol. The molecule has 1 aromatic heterocycles. The zero-order valence-electron chi connectivity index (χ0n) is 11.7. The number of ether oxygens (including phenoxy) is 2. The van der Waals surface area contributed by atoms with Gasteiger partial charge in [0.05, 0.1) is 24.9 Å². The molecule has 1 aromatic carbocycles. The lowest BCUT2D eigenvalue weighted by Gasteiger charge is -2.03. The first-order valence-electron chi connectivity index (χ1n) is 6.58. The first-order chi connectivity index (χ1) is 10.2. The van der Waals surface area contributed by atoms with E-state index >= 15 is 0 Å². The van der Waals surface area contributed by atoms with Crippen molar-refractivity contribution in [2.24, 2.45) is 0 Å². The molecule has 0 amide bonds. The number of carbonyl (C=O) groups is 2. The van der Waals surface area contributed by atoms with Gasteiger partial charge < -0.3 is 9.47 Å². The Balaban J connectivity index is 1.90. The van der Waals surface area contributed by atoms with Crippen LogP contribution in [0, 0.1) is 0 Å². The molecule has 21 heavy (non-hydrogen) atoms. The minimum absolute atomic E-state index is 0.255. The summed E-state index contributed by atoms with van der Waals surface area (Å²) in [7, 11) is 0. The number of aromatic nitrogens is 2. The van der Waals surface area contributed by atoms with Crippen LogP contribution < -0.4 is 0 Å². The molecule has 110 valence electrons. The number of hydrogen-bond donors (Lipinski definition) is 0. The Morgan fingerprint density at radius 2 is 1.95 bits per heavy atom. The van der Waals surface area contributed by atoms with E-state index in [-0.39, 0.29) is 6.61 Å². The Bertz CT molecular complexity index is 607. The smallest absolute Gasteiger partial charge is 0.344 e. The van der Waals surface area contributed by atoms with E-state index in [2.05, 4.69) is 9.84 Å². The minimum Gasteiger partial charge on any atom is -0.463 e. The Morgan fingerprint density at radius 1 is 1.19 bits per heavy atom. The number of rotatable bonds is 6. The molecule has 0 N–H and O–H groups in total. The molecule has 6 nitrogen and oxygen atoms in total. The van der Waals surface area contributed by atoms with Crippen LogP contribution in [0.5, 0.6) is 0 Å². The van der Waals surface area contributed by atoms with Crippen LogP contribution in [0.3, 0.4) is 0 Å². The third kappa shape index (κ3) is 4.45. The summed E-state index contributed by atoms with van der Waals surface area (Å²) in [6.45, 7) is 2.11. The third-order valence-electron chi connectivity index (χ3n) is 2.68. The van der Waals surface area contributed by atoms with E-state index in [0.29, 0.717) is 12.1 Å². The highest BCUT2D eigenvalue weighted by Crippen LogP contribution is 2.05. The van der Waals surface area contributed by atoms with E-state index in [1.54, 1.807) is 17.8 Å². The van der Waals surface area contributed by atoms with Gasteiger partial charge in [-0.3, -0.25) is 4.68 Å². The number of benzene rings is 1. The molecule has 0 radical (unpaired) electrons. The van der Waals surface area contributed by atoms with E-state index in [1.165, 1.54) is 6.20 Å². The minimum atomic E-state index is -0.595. The second kappa shape index (κ2) is 7.23. The Hall–Kier alpha value is -2.63. The van der Waals surface area contributed by atoms with Gasteiger partial charge in [-0.1, -0.05) is 30.3 Å². The van der Waals surface area contributed by atoms with Crippen LogP contribution in [-0.2, 0) is 20.8 Å². The molecule has 6 heteroatoms. The van der Waals surface area contributed by atoms with Gasteiger partial charge in [-0.25, -0.2) is 9.59 Å². The van der Waals surface area contributed by atoms with Gasteiger partial charge in [-0.2, -0.15) is 5.10 Å². The SMILES string of the molecule is CCOC(=O)COC(=O)c1cnn(Cc2ccccc2)c1. The van der Waals surface area contributed by atoms with Gasteiger partial charge in [-0.05, 0) is 12.5 Å². The molecule has 0 unspecified atom stereocenters. The number of esters is 2. The van der Waals surface area contributed by atoms with E-state index in [9.17, 15) is 9.59 Å². The molecule has 0 saturated carbocycles. The van der Waals surface area contributed by atoms with Crippen LogP contribution in [0.15, 0.2) is 42.7 Å². The van der Waals surface area contributed by atoms with Gasteiger partial charge in [-0.15, -0.1) is 0 Å². The summed E-state index contributed by atoms with van der Waals surface area (Å²) in [5.74, 6) is -1.16. The maximum absolute atomic E-state index is 11.7. The Morgan fingerprint density at radius 3 is 2.67 bits per heavy atom. The van der Waals surface area contributed by atoms with E-state index < -0.39 is 18.5 Å². The predicted octanol–water partition coefficient (Wildman–Crippen LogP) is 1.65.